The zero-order chi connectivity index (χ0) is 27.4. The first-order valence-electron chi connectivity index (χ1n) is 10.9. The maximum atomic E-state index is 13.8. The van der Waals surface area contributed by atoms with Gasteiger partial charge < -0.3 is 14.8 Å². The van der Waals surface area contributed by atoms with Crippen molar-refractivity contribution in [1.29, 1.82) is 0 Å². The molecule has 0 atom stereocenters. The Morgan fingerprint density at radius 3 is 2.53 bits per heavy atom. The maximum absolute atomic E-state index is 13.8. The molecule has 3 aromatic rings. The number of halogens is 4. The van der Waals surface area contributed by atoms with Crippen LogP contribution in [0, 0.1) is 21.0 Å². The standard InChI is InChI=1S/C26H18F3IN2O5S/c1-36-19-10-15(9-17(30)24(19)37-13-14-5-3-2-4-6-14)11-20-25(34)32(26(35)38-20)12-21(33)31-18-8-7-16(27)22(28)23(18)29/h2-11H,12-13H2,1H3,(H,31,33)/b20-11+. The van der Waals surface area contributed by atoms with Crippen molar-refractivity contribution in [3.05, 3.63) is 91.7 Å². The highest BCUT2D eigenvalue weighted by atomic mass is 127. The van der Waals surface area contributed by atoms with Gasteiger partial charge in [-0.25, -0.2) is 13.2 Å². The van der Waals surface area contributed by atoms with Crippen molar-refractivity contribution in [3.63, 3.8) is 0 Å². The minimum Gasteiger partial charge on any atom is -0.493 e. The van der Waals surface area contributed by atoms with E-state index in [0.717, 1.165) is 11.6 Å². The van der Waals surface area contributed by atoms with Gasteiger partial charge in [-0.2, -0.15) is 0 Å². The van der Waals surface area contributed by atoms with E-state index < -0.39 is 46.7 Å². The zero-order valence-corrected chi connectivity index (χ0v) is 22.6. The third-order valence-corrected chi connectivity index (χ3v) is 6.97. The molecular formula is C26H18F3IN2O5S. The van der Waals surface area contributed by atoms with E-state index in [9.17, 15) is 27.6 Å². The fourth-order valence-electron chi connectivity index (χ4n) is 3.44. The monoisotopic (exact) mass is 654 g/mol. The van der Waals surface area contributed by atoms with Crippen LogP contribution in [0.25, 0.3) is 6.08 Å². The van der Waals surface area contributed by atoms with Crippen molar-refractivity contribution >= 4 is 63.2 Å². The number of carbonyl (C=O) groups excluding carboxylic acids is 3. The first-order chi connectivity index (χ1) is 18.2. The molecule has 0 saturated carbocycles. The highest BCUT2D eigenvalue weighted by Crippen LogP contribution is 2.37. The molecule has 12 heteroatoms. The summed E-state index contributed by atoms with van der Waals surface area (Å²) in [5, 5.41) is 1.32. The van der Waals surface area contributed by atoms with Crippen LogP contribution in [0.3, 0.4) is 0 Å². The number of hydrogen-bond donors (Lipinski definition) is 1. The molecule has 3 amide bonds. The van der Waals surface area contributed by atoms with Gasteiger partial charge in [0.15, 0.2) is 29.0 Å². The molecule has 0 bridgehead atoms. The lowest BCUT2D eigenvalue weighted by Gasteiger charge is -2.14. The van der Waals surface area contributed by atoms with E-state index in [1.54, 1.807) is 12.1 Å². The smallest absolute Gasteiger partial charge is 0.294 e. The Labute approximate surface area is 233 Å². The molecule has 0 aromatic heterocycles. The number of imide groups is 1. The van der Waals surface area contributed by atoms with Gasteiger partial charge in [0.1, 0.15) is 13.2 Å². The number of rotatable bonds is 8. The van der Waals surface area contributed by atoms with Crippen LogP contribution in [0.5, 0.6) is 11.5 Å². The minimum absolute atomic E-state index is 0.0533. The number of benzene rings is 3. The molecule has 1 saturated heterocycles. The number of thioether (sulfide) groups is 1. The highest BCUT2D eigenvalue weighted by Gasteiger charge is 2.36. The van der Waals surface area contributed by atoms with E-state index in [1.165, 1.54) is 13.2 Å². The Balaban J connectivity index is 1.47. The van der Waals surface area contributed by atoms with Gasteiger partial charge in [0.05, 0.1) is 21.3 Å². The molecule has 1 aliphatic rings. The van der Waals surface area contributed by atoms with Crippen LogP contribution >= 0.6 is 34.4 Å². The van der Waals surface area contributed by atoms with Crippen LogP contribution in [0.2, 0.25) is 0 Å². The molecule has 0 aliphatic carbocycles. The molecule has 4 rings (SSSR count). The average molecular weight is 654 g/mol. The second-order valence-corrected chi connectivity index (χ2v) is 10.0. The fourth-order valence-corrected chi connectivity index (χ4v) is 5.06. The quantitative estimate of drug-likeness (QED) is 0.183. The van der Waals surface area contributed by atoms with Gasteiger partial charge in [0.25, 0.3) is 11.1 Å². The molecule has 196 valence electrons. The number of amides is 3. The second kappa shape index (κ2) is 11.9. The van der Waals surface area contributed by atoms with Crippen LogP contribution in [0.4, 0.5) is 23.7 Å². The Morgan fingerprint density at radius 1 is 1.08 bits per heavy atom. The number of hydrogen-bond acceptors (Lipinski definition) is 6. The first-order valence-corrected chi connectivity index (χ1v) is 12.8. The van der Waals surface area contributed by atoms with Crippen LogP contribution < -0.4 is 14.8 Å². The Hall–Kier alpha value is -3.52. The van der Waals surface area contributed by atoms with Crippen molar-refractivity contribution in [3.8, 4) is 11.5 Å². The zero-order valence-electron chi connectivity index (χ0n) is 19.6. The third-order valence-electron chi connectivity index (χ3n) is 5.26. The average Bonchev–Trinajstić information content (AvgIpc) is 3.15. The number of methoxy groups -OCH3 is 1. The van der Waals surface area contributed by atoms with Crippen LogP contribution in [0.15, 0.2) is 59.5 Å². The number of nitrogens with one attached hydrogen (secondary N) is 1. The second-order valence-electron chi connectivity index (χ2n) is 7.85. The molecule has 1 fully saturated rings. The first kappa shape index (κ1) is 27.5. The summed E-state index contributed by atoms with van der Waals surface area (Å²) < 4.78 is 52.5. The molecule has 0 spiro atoms. The lowest BCUT2D eigenvalue weighted by molar-refractivity contribution is -0.127. The third kappa shape index (κ3) is 6.13. The topological polar surface area (TPSA) is 84.9 Å². The molecule has 1 N–H and O–H groups in total. The van der Waals surface area contributed by atoms with Gasteiger partial charge in [-0.05, 0) is 75.8 Å². The summed E-state index contributed by atoms with van der Waals surface area (Å²) in [7, 11) is 1.48. The predicted molar refractivity (Wildman–Crippen MR) is 144 cm³/mol. The van der Waals surface area contributed by atoms with Gasteiger partial charge in [0.2, 0.25) is 5.91 Å². The molecule has 7 nitrogen and oxygen atoms in total. The molecular weight excluding hydrogens is 636 g/mol. The minimum atomic E-state index is -1.75. The molecule has 3 aromatic carbocycles. The van der Waals surface area contributed by atoms with Crippen molar-refractivity contribution in [2.45, 2.75) is 6.61 Å². The highest BCUT2D eigenvalue weighted by molar-refractivity contribution is 14.1. The Bertz CT molecular complexity index is 1450. The van der Waals surface area contributed by atoms with Crippen LogP contribution in [-0.4, -0.2) is 35.6 Å². The SMILES string of the molecule is COc1cc(/C=C2/SC(=O)N(CC(=O)Nc3ccc(F)c(F)c3F)C2=O)cc(I)c1OCc1ccccc1. The number of nitrogens with zero attached hydrogens (tertiary/aromatic N) is 1. The maximum Gasteiger partial charge on any atom is 0.294 e. The van der Waals surface area contributed by atoms with E-state index in [-0.39, 0.29) is 4.91 Å². The lowest BCUT2D eigenvalue weighted by atomic mass is 10.1. The van der Waals surface area contributed by atoms with E-state index in [1.807, 2.05) is 35.6 Å². The van der Waals surface area contributed by atoms with E-state index in [4.69, 9.17) is 9.47 Å². The summed E-state index contributed by atoms with van der Waals surface area (Å²) in [6.07, 6.45) is 1.48. The predicted octanol–water partition coefficient (Wildman–Crippen LogP) is 5.97. The molecule has 1 aliphatic heterocycles. The van der Waals surface area contributed by atoms with E-state index in [2.05, 4.69) is 22.6 Å². The summed E-state index contributed by atoms with van der Waals surface area (Å²) >= 11 is 2.70. The van der Waals surface area contributed by atoms with Crippen molar-refractivity contribution in [2.24, 2.45) is 0 Å². The molecule has 0 radical (unpaired) electrons. The molecule has 38 heavy (non-hydrogen) atoms. The van der Waals surface area contributed by atoms with E-state index >= 15 is 0 Å². The van der Waals surface area contributed by atoms with Crippen LogP contribution in [0.1, 0.15) is 11.1 Å². The Morgan fingerprint density at radius 2 is 1.82 bits per heavy atom. The summed E-state index contributed by atoms with van der Waals surface area (Å²) in [6, 6.07) is 14.4. The lowest BCUT2D eigenvalue weighted by Crippen LogP contribution is -2.36. The van der Waals surface area contributed by atoms with Gasteiger partial charge in [0, 0.05) is 0 Å². The largest absolute Gasteiger partial charge is 0.493 e. The molecule has 0 unspecified atom stereocenters. The van der Waals surface area contributed by atoms with Gasteiger partial charge in [-0.3, -0.25) is 19.3 Å². The van der Waals surface area contributed by atoms with Gasteiger partial charge in [-0.1, -0.05) is 30.3 Å². The van der Waals surface area contributed by atoms with Crippen molar-refractivity contribution in [1.82, 2.24) is 4.90 Å². The van der Waals surface area contributed by atoms with Crippen LogP contribution in [-0.2, 0) is 16.2 Å². The fraction of sp³-hybridized carbons (Fsp3) is 0.115. The van der Waals surface area contributed by atoms with E-state index in [0.29, 0.717) is 50.0 Å². The summed E-state index contributed by atoms with van der Waals surface area (Å²) in [6.45, 7) is -0.421. The normalized spacial score (nSPS) is 14.2. The van der Waals surface area contributed by atoms with Gasteiger partial charge >= 0.3 is 0 Å². The summed E-state index contributed by atoms with van der Waals surface area (Å²) in [5.74, 6) is -5.52. The number of anilines is 1. The summed E-state index contributed by atoms with van der Waals surface area (Å²) in [5.41, 5.74) is 0.907. The molecule has 1 heterocycles. The summed E-state index contributed by atoms with van der Waals surface area (Å²) in [4.78, 5) is 38.3. The van der Waals surface area contributed by atoms with Gasteiger partial charge in [-0.15, -0.1) is 0 Å². The Kier molecular flexibility index (Phi) is 8.62. The number of ether oxygens (including phenoxy) is 2. The van der Waals surface area contributed by atoms with Crippen molar-refractivity contribution in [2.75, 3.05) is 19.0 Å². The van der Waals surface area contributed by atoms with Crippen molar-refractivity contribution < 1.29 is 37.0 Å². The number of carbonyl (C=O) groups is 3.